The highest BCUT2D eigenvalue weighted by atomic mass is 35.5. The normalized spacial score (nSPS) is 21.4. The predicted octanol–water partition coefficient (Wildman–Crippen LogP) is 4.99. The topological polar surface area (TPSA) is 91.1 Å². The van der Waals surface area contributed by atoms with Gasteiger partial charge in [-0.05, 0) is 63.5 Å². The molecule has 6 nitrogen and oxygen atoms in total. The fourth-order valence-electron chi connectivity index (χ4n) is 3.26. The molecule has 0 saturated heterocycles. The third kappa shape index (κ3) is 7.39. The van der Waals surface area contributed by atoms with Crippen molar-refractivity contribution in [3.05, 3.63) is 76.9 Å². The van der Waals surface area contributed by atoms with Crippen LogP contribution in [0.4, 0.5) is 0 Å². The zero-order chi connectivity index (χ0) is 23.9. The van der Waals surface area contributed by atoms with Gasteiger partial charge in [-0.15, -0.1) is 6.58 Å². The molecule has 1 heterocycles. The fraction of sp³-hybridized carbons (Fsp3) is 0.360. The van der Waals surface area contributed by atoms with Gasteiger partial charge in [0.1, 0.15) is 5.75 Å². The first kappa shape index (κ1) is 25.4. The fourth-order valence-corrected chi connectivity index (χ4v) is 3.52. The lowest BCUT2D eigenvalue weighted by Crippen LogP contribution is -2.44. The minimum Gasteiger partial charge on any atom is -0.478 e. The third-order valence-corrected chi connectivity index (χ3v) is 5.24. The van der Waals surface area contributed by atoms with Crippen LogP contribution in [0.25, 0.3) is 0 Å². The van der Waals surface area contributed by atoms with E-state index < -0.39 is 17.6 Å². The number of rotatable bonds is 7. The number of benzene rings is 1. The summed E-state index contributed by atoms with van der Waals surface area (Å²) in [6.07, 6.45) is 9.41. The van der Waals surface area contributed by atoms with Crippen molar-refractivity contribution in [1.82, 2.24) is 5.32 Å². The van der Waals surface area contributed by atoms with Crippen LogP contribution in [0, 0.1) is 12.8 Å². The molecule has 0 amide bonds. The average Bonchev–Trinajstić information content (AvgIpc) is 2.74. The number of ether oxygens (including phenoxy) is 1. The first-order valence-corrected chi connectivity index (χ1v) is 10.8. The maximum absolute atomic E-state index is 11.4. The summed E-state index contributed by atoms with van der Waals surface area (Å²) in [6, 6.07) is 5.15. The zero-order valence-corrected chi connectivity index (χ0v) is 19.7. The highest BCUT2D eigenvalue weighted by Gasteiger charge is 2.24. The molecule has 1 aliphatic rings. The summed E-state index contributed by atoms with van der Waals surface area (Å²) in [6.45, 7) is 11.6. The van der Waals surface area contributed by atoms with Crippen molar-refractivity contribution in [3.63, 3.8) is 0 Å². The minimum absolute atomic E-state index is 0.0486. The number of carbonyl (C=O) groups is 1. The summed E-state index contributed by atoms with van der Waals surface area (Å²) >= 11 is 6.62. The molecule has 172 valence electrons. The summed E-state index contributed by atoms with van der Waals surface area (Å²) in [5.41, 5.74) is 1.14. The molecular weight excluding hydrogens is 428 g/mol. The number of nitrogens with one attached hydrogen (secondary N) is 1. The average molecular weight is 459 g/mol. The van der Waals surface area contributed by atoms with E-state index in [4.69, 9.17) is 16.3 Å². The smallest absolute Gasteiger partial charge is 0.336 e. The maximum atomic E-state index is 11.4. The van der Waals surface area contributed by atoms with Gasteiger partial charge in [0, 0.05) is 11.0 Å². The van der Waals surface area contributed by atoms with Crippen LogP contribution >= 0.6 is 11.6 Å². The van der Waals surface area contributed by atoms with Gasteiger partial charge in [-0.1, -0.05) is 42.0 Å². The van der Waals surface area contributed by atoms with E-state index in [1.165, 1.54) is 6.07 Å². The lowest BCUT2D eigenvalue weighted by molar-refractivity contribution is 0.0695. The van der Waals surface area contributed by atoms with E-state index in [1.54, 1.807) is 38.1 Å². The number of hydrogen-bond donors (Lipinski definition) is 3. The molecule has 0 bridgehead atoms. The van der Waals surface area contributed by atoms with Crippen molar-refractivity contribution in [3.8, 4) is 5.75 Å². The molecule has 0 aliphatic carbocycles. The molecule has 0 spiro atoms. The van der Waals surface area contributed by atoms with Crippen molar-refractivity contribution in [2.75, 3.05) is 6.54 Å². The number of aliphatic hydroxyl groups excluding tert-OH is 1. The number of aliphatic hydroxyl groups is 1. The SMILES string of the molecule is C=CC(C/C=C/C(C)O)C1=C/C(C)(C)NC(Oc2ccc(C)c(C(=O)O)c2)=NC/C=C\1Cl. The van der Waals surface area contributed by atoms with Crippen molar-refractivity contribution < 1.29 is 19.7 Å². The van der Waals surface area contributed by atoms with Gasteiger partial charge in [-0.2, -0.15) is 0 Å². The number of aryl methyl sites for hydroxylation is 1. The molecule has 0 radical (unpaired) electrons. The van der Waals surface area contributed by atoms with Crippen LogP contribution in [0.1, 0.15) is 43.1 Å². The highest BCUT2D eigenvalue weighted by molar-refractivity contribution is 6.32. The molecule has 2 unspecified atom stereocenters. The van der Waals surface area contributed by atoms with E-state index in [1.807, 2.05) is 32.1 Å². The number of allylic oxidation sites excluding steroid dienone is 4. The Morgan fingerprint density at radius 3 is 2.78 bits per heavy atom. The van der Waals surface area contributed by atoms with E-state index in [2.05, 4.69) is 16.9 Å². The molecule has 2 rings (SSSR count). The standard InChI is InChI=1S/C25H31ClN2O4/c1-6-18(9-7-8-17(3)29)21-15-25(4,5)28-24(27-13-12-22(21)26)32-19-11-10-16(2)20(14-19)23(30)31/h6-8,10-12,14-15,17-18,29H,1,9,13H2,2-5H3,(H,27,28)(H,30,31)/b8-7+,21-15-,22-12+. The summed E-state index contributed by atoms with van der Waals surface area (Å²) < 4.78 is 5.89. The highest BCUT2D eigenvalue weighted by Crippen LogP contribution is 2.30. The van der Waals surface area contributed by atoms with E-state index in [9.17, 15) is 15.0 Å². The van der Waals surface area contributed by atoms with Crippen molar-refractivity contribution in [1.29, 1.82) is 0 Å². The Hall–Kier alpha value is -2.83. The second kappa shape index (κ2) is 11.2. The van der Waals surface area contributed by atoms with Gasteiger partial charge in [0.05, 0.1) is 23.8 Å². The summed E-state index contributed by atoms with van der Waals surface area (Å²) in [5.74, 6) is -0.687. The number of nitrogens with zero attached hydrogens (tertiary/aromatic N) is 1. The zero-order valence-electron chi connectivity index (χ0n) is 18.9. The molecule has 1 aromatic carbocycles. The van der Waals surface area contributed by atoms with Crippen LogP contribution in [0.15, 0.2) is 70.8 Å². The van der Waals surface area contributed by atoms with Gasteiger partial charge >= 0.3 is 5.97 Å². The van der Waals surface area contributed by atoms with Gasteiger partial charge < -0.3 is 20.3 Å². The quantitative estimate of drug-likeness (QED) is 0.501. The molecule has 2 atom stereocenters. The molecule has 0 saturated carbocycles. The summed E-state index contributed by atoms with van der Waals surface area (Å²) in [5, 5.41) is 22.7. The molecule has 0 fully saturated rings. The van der Waals surface area contributed by atoms with Crippen LogP contribution in [-0.2, 0) is 0 Å². The number of aromatic carboxylic acids is 1. The Morgan fingerprint density at radius 2 is 2.16 bits per heavy atom. The van der Waals surface area contributed by atoms with Crippen LogP contribution < -0.4 is 10.1 Å². The second-order valence-corrected chi connectivity index (χ2v) is 8.68. The summed E-state index contributed by atoms with van der Waals surface area (Å²) in [4.78, 5) is 15.9. The van der Waals surface area contributed by atoms with E-state index in [0.717, 1.165) is 5.57 Å². The first-order valence-electron chi connectivity index (χ1n) is 10.4. The van der Waals surface area contributed by atoms with Crippen LogP contribution in [0.2, 0.25) is 0 Å². The van der Waals surface area contributed by atoms with Crippen molar-refractivity contribution in [2.24, 2.45) is 10.9 Å². The Kier molecular flexibility index (Phi) is 8.87. The molecule has 1 aromatic rings. The Labute approximate surface area is 194 Å². The molecule has 1 aliphatic heterocycles. The third-order valence-electron chi connectivity index (χ3n) is 4.87. The number of carboxylic acid groups (broad SMARTS) is 1. The largest absolute Gasteiger partial charge is 0.478 e. The second-order valence-electron chi connectivity index (χ2n) is 8.27. The van der Waals surface area contributed by atoms with Gasteiger partial charge in [0.15, 0.2) is 0 Å². The van der Waals surface area contributed by atoms with Gasteiger partial charge in [-0.25, -0.2) is 9.79 Å². The Morgan fingerprint density at radius 1 is 1.44 bits per heavy atom. The van der Waals surface area contributed by atoms with Crippen LogP contribution in [-0.4, -0.2) is 40.4 Å². The molecular formula is C25H31ClN2O4. The van der Waals surface area contributed by atoms with Gasteiger partial charge in [0.2, 0.25) is 0 Å². The van der Waals surface area contributed by atoms with Gasteiger partial charge in [-0.3, -0.25) is 0 Å². The van der Waals surface area contributed by atoms with Crippen LogP contribution in [0.3, 0.4) is 0 Å². The number of aliphatic imine (C=N–C) groups is 1. The molecule has 32 heavy (non-hydrogen) atoms. The molecule has 0 aromatic heterocycles. The Bertz CT molecular complexity index is 974. The van der Waals surface area contributed by atoms with E-state index in [-0.39, 0.29) is 24.0 Å². The number of halogens is 1. The minimum atomic E-state index is -1.01. The summed E-state index contributed by atoms with van der Waals surface area (Å²) in [7, 11) is 0. The monoisotopic (exact) mass is 458 g/mol. The number of carboxylic acids is 1. The first-order chi connectivity index (χ1) is 15.0. The predicted molar refractivity (Wildman–Crippen MR) is 129 cm³/mol. The lowest BCUT2D eigenvalue weighted by atomic mass is 9.89. The maximum Gasteiger partial charge on any atom is 0.336 e. The lowest BCUT2D eigenvalue weighted by Gasteiger charge is -2.27. The van der Waals surface area contributed by atoms with E-state index >= 15 is 0 Å². The van der Waals surface area contributed by atoms with Crippen molar-refractivity contribution in [2.45, 2.75) is 45.8 Å². The van der Waals surface area contributed by atoms with Gasteiger partial charge in [0.25, 0.3) is 6.02 Å². The Balaban J connectivity index is 2.31. The number of amidine groups is 1. The van der Waals surface area contributed by atoms with Crippen LogP contribution in [0.5, 0.6) is 5.75 Å². The number of hydrogen-bond acceptors (Lipinski definition) is 5. The molecule has 7 heteroatoms. The van der Waals surface area contributed by atoms with Crippen molar-refractivity contribution >= 4 is 23.6 Å². The molecule has 3 N–H and O–H groups in total. The van der Waals surface area contributed by atoms with E-state index in [0.29, 0.717) is 22.8 Å².